The molecule has 1 aromatic heterocycles. The van der Waals surface area contributed by atoms with E-state index in [0.29, 0.717) is 45.2 Å². The number of amides is 4. The summed E-state index contributed by atoms with van der Waals surface area (Å²) >= 11 is 1.39. The number of hydrogen-bond acceptors (Lipinski definition) is 8. The van der Waals surface area contributed by atoms with E-state index in [0.717, 1.165) is 30.6 Å². The summed E-state index contributed by atoms with van der Waals surface area (Å²) < 4.78 is 0. The van der Waals surface area contributed by atoms with Crippen molar-refractivity contribution < 1.29 is 29.1 Å². The molecule has 15 heteroatoms. The molecule has 0 bridgehead atoms. The molecule has 2 saturated heterocycles. The molecule has 3 fully saturated rings. The van der Waals surface area contributed by atoms with Gasteiger partial charge in [-0.2, -0.15) is 0 Å². The van der Waals surface area contributed by atoms with Gasteiger partial charge in [0.05, 0.1) is 12.6 Å². The van der Waals surface area contributed by atoms with Gasteiger partial charge in [-0.3, -0.25) is 24.2 Å². The quantitative estimate of drug-likeness (QED) is 0.0935. The van der Waals surface area contributed by atoms with Crippen LogP contribution in [0.5, 0.6) is 0 Å². The van der Waals surface area contributed by atoms with Crippen LogP contribution >= 0.6 is 11.3 Å². The van der Waals surface area contributed by atoms with Crippen LogP contribution in [-0.2, 0) is 30.4 Å². The number of guanidine groups is 1. The minimum Gasteiger partial charge on any atom is -0.480 e. The van der Waals surface area contributed by atoms with Crippen molar-refractivity contribution in [1.82, 2.24) is 20.4 Å². The van der Waals surface area contributed by atoms with Crippen molar-refractivity contribution in [3.63, 3.8) is 0 Å². The Kier molecular flexibility index (Phi) is 11.6. The fourth-order valence-electron chi connectivity index (χ4n) is 6.69. The van der Waals surface area contributed by atoms with Crippen LogP contribution in [0.1, 0.15) is 62.7 Å². The minimum absolute atomic E-state index is 0.0245. The zero-order valence-electron chi connectivity index (χ0n) is 24.9. The lowest BCUT2D eigenvalue weighted by molar-refractivity contribution is -0.148. The Morgan fingerprint density at radius 3 is 2.57 bits per heavy atom. The van der Waals surface area contributed by atoms with Crippen LogP contribution in [0.3, 0.4) is 0 Å². The van der Waals surface area contributed by atoms with Crippen LogP contribution in [0.25, 0.3) is 0 Å². The topological polar surface area (TPSA) is 227 Å². The fourth-order valence-corrected chi connectivity index (χ4v) is 7.44. The maximum Gasteiger partial charge on any atom is 0.326 e. The lowest BCUT2D eigenvalue weighted by Crippen LogP contribution is -2.57. The average molecular weight is 633 g/mol. The Hall–Kier alpha value is -3.72. The Morgan fingerprint density at radius 2 is 1.86 bits per heavy atom. The third kappa shape index (κ3) is 8.25. The number of nitrogens with zero attached hydrogens (tertiary/aromatic N) is 3. The highest BCUT2D eigenvalue weighted by molar-refractivity contribution is 7.09. The first-order chi connectivity index (χ1) is 21.1. The number of carboxylic acid groups (broad SMARTS) is 1. The average Bonchev–Trinajstić information content (AvgIpc) is 3.77. The fraction of sp³-hybridized carbons (Fsp3) is 0.655. The molecule has 3 aliphatic rings. The summed E-state index contributed by atoms with van der Waals surface area (Å²) in [6.07, 6.45) is 6.35. The molecule has 14 nitrogen and oxygen atoms in total. The molecule has 0 radical (unpaired) electrons. The maximum atomic E-state index is 14.0. The molecule has 44 heavy (non-hydrogen) atoms. The number of hydrogen-bond donors (Lipinski definition) is 6. The summed E-state index contributed by atoms with van der Waals surface area (Å²) in [5.41, 5.74) is 17.1. The van der Waals surface area contributed by atoms with E-state index in [1.807, 2.05) is 5.38 Å². The van der Waals surface area contributed by atoms with E-state index in [4.69, 9.17) is 17.2 Å². The number of likely N-dealkylation sites (tertiary alicyclic amines) is 2. The molecule has 6 atom stereocenters. The Balaban J connectivity index is 1.37. The van der Waals surface area contributed by atoms with Gasteiger partial charge in [-0.1, -0.05) is 18.9 Å². The Morgan fingerprint density at radius 1 is 1.09 bits per heavy atom. The largest absolute Gasteiger partial charge is 0.480 e. The van der Waals surface area contributed by atoms with Gasteiger partial charge >= 0.3 is 5.97 Å². The normalized spacial score (nSPS) is 24.2. The van der Waals surface area contributed by atoms with E-state index in [2.05, 4.69) is 15.6 Å². The first-order valence-corrected chi connectivity index (χ1v) is 16.2. The van der Waals surface area contributed by atoms with Gasteiger partial charge < -0.3 is 42.7 Å². The molecule has 242 valence electrons. The number of thiophene rings is 1. The van der Waals surface area contributed by atoms with Gasteiger partial charge in [0.2, 0.25) is 23.6 Å². The van der Waals surface area contributed by atoms with Crippen molar-refractivity contribution >= 4 is 46.9 Å². The number of carbonyl (C=O) groups excluding carboxylic acids is 4. The number of nitrogens with one attached hydrogen (secondary N) is 2. The van der Waals surface area contributed by atoms with Crippen LogP contribution in [-0.4, -0.2) is 100 Å². The van der Waals surface area contributed by atoms with Gasteiger partial charge in [0, 0.05) is 30.4 Å². The van der Waals surface area contributed by atoms with E-state index in [9.17, 15) is 29.1 Å². The molecule has 1 saturated carbocycles. The molecule has 3 heterocycles. The van der Waals surface area contributed by atoms with E-state index in [-0.39, 0.29) is 36.2 Å². The van der Waals surface area contributed by atoms with Gasteiger partial charge in [0.25, 0.3) is 0 Å². The summed E-state index contributed by atoms with van der Waals surface area (Å²) in [6.45, 7) is 0.299. The lowest BCUT2D eigenvalue weighted by Gasteiger charge is -2.36. The van der Waals surface area contributed by atoms with Crippen molar-refractivity contribution in [2.24, 2.45) is 28.1 Å². The summed E-state index contributed by atoms with van der Waals surface area (Å²) in [7, 11) is 0. The van der Waals surface area contributed by atoms with Crippen LogP contribution in [0.4, 0.5) is 0 Å². The van der Waals surface area contributed by atoms with Crippen LogP contribution in [0.15, 0.2) is 22.5 Å². The van der Waals surface area contributed by atoms with Crippen LogP contribution in [0.2, 0.25) is 0 Å². The summed E-state index contributed by atoms with van der Waals surface area (Å²) in [6, 6.07) is 0.103. The third-order valence-electron chi connectivity index (χ3n) is 8.79. The first-order valence-electron chi connectivity index (χ1n) is 15.3. The van der Waals surface area contributed by atoms with E-state index < -0.39 is 48.5 Å². The summed E-state index contributed by atoms with van der Waals surface area (Å²) in [5.74, 6) is -2.66. The molecule has 0 spiro atoms. The standard InChI is InChI=1S/C29H44N8O6S/c30-19(8-3-11-33-29(31)32)26(40)37-21-9-2-1-6-17(21)14-23(37)27(41)36-12-4-10-22(36)25(39)34-16-24(38)35-20(28(42)43)15-18-7-5-13-44-18/h5,7,13,17,19-23H,1-4,6,8-12,14-16,30H2,(H,34,39)(H,35,38)(H,42,43)(H4,31,32,33)/t17-,19+,20-,21-,22-,23-/m0/s1. The molecule has 0 unspecified atom stereocenters. The monoisotopic (exact) mass is 632 g/mol. The van der Waals surface area contributed by atoms with Crippen molar-refractivity contribution in [1.29, 1.82) is 0 Å². The van der Waals surface area contributed by atoms with Crippen molar-refractivity contribution in [3.8, 4) is 0 Å². The van der Waals surface area contributed by atoms with Gasteiger partial charge in [0.1, 0.15) is 18.1 Å². The predicted octanol–water partition coefficient (Wildman–Crippen LogP) is -0.492. The van der Waals surface area contributed by atoms with E-state index in [1.165, 1.54) is 16.2 Å². The second-order valence-corrected chi connectivity index (χ2v) is 12.8. The molecule has 0 aromatic carbocycles. The van der Waals surface area contributed by atoms with Crippen molar-refractivity contribution in [2.45, 2.75) is 94.4 Å². The number of aliphatic carboxylic acids is 1. The summed E-state index contributed by atoms with van der Waals surface area (Å²) in [4.78, 5) is 73.1. The Labute approximate surface area is 260 Å². The van der Waals surface area contributed by atoms with Crippen LogP contribution in [0, 0.1) is 5.92 Å². The number of carboxylic acids is 1. The van der Waals surface area contributed by atoms with E-state index in [1.54, 1.807) is 17.0 Å². The summed E-state index contributed by atoms with van der Waals surface area (Å²) in [5, 5.41) is 16.4. The molecule has 2 aliphatic heterocycles. The number of nitrogens with two attached hydrogens (primary N) is 3. The van der Waals surface area contributed by atoms with Gasteiger partial charge in [-0.05, 0) is 62.3 Å². The molecule has 1 aromatic rings. The zero-order chi connectivity index (χ0) is 31.8. The molecule has 4 rings (SSSR count). The van der Waals surface area contributed by atoms with Crippen LogP contribution < -0.4 is 27.8 Å². The molecule has 9 N–H and O–H groups in total. The zero-order valence-corrected chi connectivity index (χ0v) is 25.7. The Bertz CT molecular complexity index is 1220. The second kappa shape index (κ2) is 15.3. The van der Waals surface area contributed by atoms with Gasteiger partial charge in [-0.15, -0.1) is 11.3 Å². The molecular formula is C29H44N8O6S. The maximum absolute atomic E-state index is 14.0. The number of rotatable bonds is 13. The molecule has 4 amide bonds. The highest BCUT2D eigenvalue weighted by Crippen LogP contribution is 2.41. The number of fused-ring (bicyclic) bond motifs is 1. The lowest BCUT2D eigenvalue weighted by atomic mass is 9.84. The van der Waals surface area contributed by atoms with Gasteiger partial charge in [0.15, 0.2) is 5.96 Å². The smallest absolute Gasteiger partial charge is 0.326 e. The van der Waals surface area contributed by atoms with Gasteiger partial charge in [-0.25, -0.2) is 4.79 Å². The van der Waals surface area contributed by atoms with Crippen molar-refractivity contribution in [2.75, 3.05) is 19.6 Å². The highest BCUT2D eigenvalue weighted by atomic mass is 32.1. The highest BCUT2D eigenvalue weighted by Gasteiger charge is 2.50. The number of carbonyl (C=O) groups is 5. The number of aliphatic imine (C=N–C) groups is 1. The third-order valence-corrected chi connectivity index (χ3v) is 9.69. The molecule has 1 aliphatic carbocycles. The first kappa shape index (κ1) is 33.2. The SMILES string of the molecule is NC(N)=NCCC[C@@H](N)C(=O)N1[C@H](C(=O)N2CCC[C@H]2C(=O)NCC(=O)N[C@@H](Cc2cccs2)C(=O)O)C[C@@H]2CCCC[C@@H]21. The molecular weight excluding hydrogens is 588 g/mol. The van der Waals surface area contributed by atoms with E-state index >= 15 is 0 Å². The van der Waals surface area contributed by atoms with Crippen molar-refractivity contribution in [3.05, 3.63) is 22.4 Å². The minimum atomic E-state index is -1.17. The second-order valence-electron chi connectivity index (χ2n) is 11.8. The predicted molar refractivity (Wildman–Crippen MR) is 164 cm³/mol.